The van der Waals surface area contributed by atoms with Gasteiger partial charge in [0, 0.05) is 24.4 Å². The number of aryl methyl sites for hydroxylation is 2. The molecule has 0 unspecified atom stereocenters. The van der Waals surface area contributed by atoms with Crippen LogP contribution in [0.15, 0.2) is 53.2 Å². The van der Waals surface area contributed by atoms with E-state index < -0.39 is 8.32 Å². The smallest absolute Gasteiger partial charge is 0.192 e. The molecule has 9 heteroatoms. The Balaban J connectivity index is 1.45. The normalized spacial score (nSPS) is 14.5. The molecular weight excluding hydrogens is 567 g/mol. The van der Waals surface area contributed by atoms with E-state index in [9.17, 15) is 0 Å². The minimum Gasteiger partial charge on any atom is -0.491 e. The molecule has 0 spiro atoms. The lowest BCUT2D eigenvalue weighted by molar-refractivity contribution is 0.0789. The van der Waals surface area contributed by atoms with Crippen molar-refractivity contribution in [1.82, 2.24) is 20.1 Å². The third-order valence-corrected chi connectivity index (χ3v) is 13.2. The quantitative estimate of drug-likeness (QED) is 0.174. The number of aromatic nitrogens is 4. The Labute approximate surface area is 263 Å². The van der Waals surface area contributed by atoms with Crippen LogP contribution < -0.4 is 9.64 Å². The monoisotopic (exact) mass is 613 g/mol. The minimum atomic E-state index is -1.98. The van der Waals surface area contributed by atoms with Gasteiger partial charge in [0.15, 0.2) is 14.1 Å². The van der Waals surface area contributed by atoms with Crippen molar-refractivity contribution in [1.29, 1.82) is 0 Å². The highest BCUT2D eigenvalue weighted by Gasteiger charge is 2.40. The second-order valence-electron chi connectivity index (χ2n) is 14.7. The highest BCUT2D eigenvalue weighted by Crippen LogP contribution is 2.39. The molecular formula is C35H47N5O3Si. The van der Waals surface area contributed by atoms with Gasteiger partial charge in [0.1, 0.15) is 23.9 Å². The largest absolute Gasteiger partial charge is 0.491 e. The highest BCUT2D eigenvalue weighted by atomic mass is 28.4. The predicted octanol–water partition coefficient (Wildman–Crippen LogP) is 8.54. The molecule has 5 rings (SSSR count). The summed E-state index contributed by atoms with van der Waals surface area (Å²) in [5.41, 5.74) is 5.76. The van der Waals surface area contributed by atoms with Gasteiger partial charge >= 0.3 is 0 Å². The molecule has 234 valence electrons. The maximum absolute atomic E-state index is 6.86. The van der Waals surface area contributed by atoms with E-state index in [1.165, 1.54) is 5.56 Å². The summed E-state index contributed by atoms with van der Waals surface area (Å²) in [4.78, 5) is 16.9. The van der Waals surface area contributed by atoms with E-state index in [1.54, 1.807) is 0 Å². The number of ether oxygens (including phenoxy) is 1. The molecule has 0 fully saturated rings. The van der Waals surface area contributed by atoms with E-state index >= 15 is 0 Å². The topological polar surface area (TPSA) is 86.4 Å². The first-order chi connectivity index (χ1) is 20.6. The number of pyridine rings is 1. The second-order valence-corrected chi connectivity index (χ2v) is 19.5. The summed E-state index contributed by atoms with van der Waals surface area (Å²) in [5, 5.41) is 4.31. The average molecular weight is 614 g/mol. The molecule has 0 aliphatic carbocycles. The number of hydrogen-bond acceptors (Lipinski definition) is 8. The number of benzene rings is 1. The van der Waals surface area contributed by atoms with Crippen LogP contribution in [0.1, 0.15) is 70.7 Å². The van der Waals surface area contributed by atoms with Gasteiger partial charge in [0.25, 0.3) is 0 Å². The first-order valence-electron chi connectivity index (χ1n) is 15.5. The van der Waals surface area contributed by atoms with Gasteiger partial charge in [-0.3, -0.25) is 4.98 Å². The molecule has 0 N–H and O–H groups in total. The second kappa shape index (κ2) is 12.1. The van der Waals surface area contributed by atoms with Gasteiger partial charge in [-0.25, -0.2) is 9.97 Å². The van der Waals surface area contributed by atoms with Gasteiger partial charge < -0.3 is 18.6 Å². The van der Waals surface area contributed by atoms with Gasteiger partial charge in [-0.1, -0.05) is 64.9 Å². The van der Waals surface area contributed by atoms with Crippen LogP contribution in [0.3, 0.4) is 0 Å². The summed E-state index contributed by atoms with van der Waals surface area (Å²) in [7, 11) is -1.98. The van der Waals surface area contributed by atoms with Crippen molar-refractivity contribution in [3.05, 3.63) is 71.4 Å². The van der Waals surface area contributed by atoms with Crippen LogP contribution in [0.2, 0.25) is 18.1 Å². The standard InChI is InChI=1S/C35H47N5O3Si/c1-23-32(24(2)42-39-23)29-18-31(40-20-26-14-12-16-36-30(26)21-40)38-33(37-29)25-13-11-15-27(17-25)41-22-28(19-34(3,4)5)43-44(9,10)35(6,7)8/h11-18,28H,19-22H2,1-10H3/t28-/m1/s1. The van der Waals surface area contributed by atoms with Crippen LogP contribution in [-0.4, -0.2) is 41.1 Å². The van der Waals surface area contributed by atoms with Crippen molar-refractivity contribution in [2.75, 3.05) is 11.5 Å². The molecule has 1 aliphatic rings. The maximum atomic E-state index is 6.86. The fraction of sp³-hybridized carbons (Fsp3) is 0.486. The first-order valence-corrected chi connectivity index (χ1v) is 18.4. The van der Waals surface area contributed by atoms with Crippen molar-refractivity contribution in [3.63, 3.8) is 0 Å². The van der Waals surface area contributed by atoms with Gasteiger partial charge in [-0.05, 0) is 67.6 Å². The first kappa shape index (κ1) is 31.8. The van der Waals surface area contributed by atoms with Crippen LogP contribution in [0.4, 0.5) is 5.82 Å². The van der Waals surface area contributed by atoms with E-state index in [4.69, 9.17) is 23.7 Å². The van der Waals surface area contributed by atoms with Crippen LogP contribution in [0, 0.1) is 19.3 Å². The van der Waals surface area contributed by atoms with Crippen LogP contribution in [0.25, 0.3) is 22.6 Å². The predicted molar refractivity (Wildman–Crippen MR) is 178 cm³/mol. The summed E-state index contributed by atoms with van der Waals surface area (Å²) in [6, 6.07) is 14.2. The Hall–Kier alpha value is -3.56. The lowest BCUT2D eigenvalue weighted by Crippen LogP contribution is -2.46. The fourth-order valence-electron chi connectivity index (χ4n) is 5.39. The number of anilines is 1. The minimum absolute atomic E-state index is 0.00400. The summed E-state index contributed by atoms with van der Waals surface area (Å²) in [6.45, 7) is 24.0. The van der Waals surface area contributed by atoms with Crippen molar-refractivity contribution in [2.24, 2.45) is 5.41 Å². The van der Waals surface area contributed by atoms with Crippen molar-refractivity contribution < 1.29 is 13.7 Å². The molecule has 1 aliphatic heterocycles. The van der Waals surface area contributed by atoms with Crippen LogP contribution >= 0.6 is 0 Å². The SMILES string of the molecule is Cc1noc(C)c1-c1cc(N2Cc3cccnc3C2)nc(-c2cccc(OC[C@@H](CC(C)(C)C)O[Si](C)(C)C(C)(C)C)c2)n1. The summed E-state index contributed by atoms with van der Waals surface area (Å²) < 4.78 is 18.8. The molecule has 0 saturated heterocycles. The number of rotatable bonds is 9. The molecule has 4 heterocycles. The number of nitrogens with zero attached hydrogens (tertiary/aromatic N) is 5. The van der Waals surface area contributed by atoms with Gasteiger partial charge in [0.05, 0.1) is 35.3 Å². The lowest BCUT2D eigenvalue weighted by Gasteiger charge is -2.40. The maximum Gasteiger partial charge on any atom is 0.192 e. The van der Waals surface area contributed by atoms with E-state index in [0.29, 0.717) is 19.0 Å². The van der Waals surface area contributed by atoms with E-state index in [-0.39, 0.29) is 16.6 Å². The Kier molecular flexibility index (Phi) is 8.75. The van der Waals surface area contributed by atoms with Gasteiger partial charge in [-0.2, -0.15) is 0 Å². The molecule has 3 aromatic heterocycles. The van der Waals surface area contributed by atoms with E-state index in [0.717, 1.165) is 58.5 Å². The van der Waals surface area contributed by atoms with Gasteiger partial charge in [-0.15, -0.1) is 0 Å². The van der Waals surface area contributed by atoms with Crippen molar-refractivity contribution >= 4 is 14.1 Å². The average Bonchev–Trinajstić information content (AvgIpc) is 3.52. The highest BCUT2D eigenvalue weighted by molar-refractivity contribution is 6.74. The molecule has 0 saturated carbocycles. The third-order valence-electron chi connectivity index (χ3n) is 8.65. The Morgan fingerprint density at radius 2 is 1.75 bits per heavy atom. The zero-order valence-corrected chi connectivity index (χ0v) is 29.0. The fourth-order valence-corrected chi connectivity index (χ4v) is 6.73. The zero-order chi connectivity index (χ0) is 31.9. The van der Waals surface area contributed by atoms with Crippen LogP contribution in [-0.2, 0) is 17.5 Å². The van der Waals surface area contributed by atoms with Crippen LogP contribution in [0.5, 0.6) is 5.75 Å². The molecule has 4 aromatic rings. The van der Waals surface area contributed by atoms with Crippen molar-refractivity contribution in [3.8, 4) is 28.4 Å². The van der Waals surface area contributed by atoms with E-state index in [1.807, 2.05) is 56.4 Å². The third kappa shape index (κ3) is 7.21. The molecule has 0 bridgehead atoms. The lowest BCUT2D eigenvalue weighted by atomic mass is 9.89. The Bertz CT molecular complexity index is 1570. The summed E-state index contributed by atoms with van der Waals surface area (Å²) in [6.07, 6.45) is 2.76. The molecule has 0 radical (unpaired) electrons. The van der Waals surface area contributed by atoms with Crippen molar-refractivity contribution in [2.45, 2.75) is 99.1 Å². The molecule has 1 atom stereocenters. The number of fused-ring (bicyclic) bond motifs is 1. The molecule has 8 nitrogen and oxygen atoms in total. The zero-order valence-electron chi connectivity index (χ0n) is 28.0. The van der Waals surface area contributed by atoms with Gasteiger partial charge in [0.2, 0.25) is 0 Å². The molecule has 44 heavy (non-hydrogen) atoms. The van der Waals surface area contributed by atoms with E-state index in [2.05, 4.69) is 75.7 Å². The molecule has 1 aromatic carbocycles. The Morgan fingerprint density at radius 3 is 2.41 bits per heavy atom. The summed E-state index contributed by atoms with van der Waals surface area (Å²) in [5.74, 6) is 2.96. The Morgan fingerprint density at radius 1 is 0.977 bits per heavy atom. The number of hydrogen-bond donors (Lipinski definition) is 0. The molecule has 0 amide bonds. The summed E-state index contributed by atoms with van der Waals surface area (Å²) >= 11 is 0.